The molecule has 0 amide bonds. The molecule has 1 atom stereocenters. The molecule has 0 saturated carbocycles. The van der Waals surface area contributed by atoms with Crippen molar-refractivity contribution in [1.29, 1.82) is 0 Å². The fourth-order valence-corrected chi connectivity index (χ4v) is 1.81. The van der Waals surface area contributed by atoms with Crippen LogP contribution in [0.15, 0.2) is 18.2 Å². The predicted octanol–water partition coefficient (Wildman–Crippen LogP) is 2.56. The van der Waals surface area contributed by atoms with Crippen molar-refractivity contribution in [3.05, 3.63) is 29.3 Å². The molecule has 0 spiro atoms. The van der Waals surface area contributed by atoms with Gasteiger partial charge in [-0.15, -0.1) is 0 Å². The lowest BCUT2D eigenvalue weighted by Gasteiger charge is -2.04. The van der Waals surface area contributed by atoms with Crippen LogP contribution in [0.2, 0.25) is 0 Å². The summed E-state index contributed by atoms with van der Waals surface area (Å²) in [5.74, 6) is 0. The van der Waals surface area contributed by atoms with Crippen molar-refractivity contribution in [2.45, 2.75) is 25.8 Å². The van der Waals surface area contributed by atoms with Gasteiger partial charge in [0, 0.05) is 5.69 Å². The molecule has 0 aromatic heterocycles. The minimum Gasteiger partial charge on any atom is -0.379 e. The molecule has 13 heavy (non-hydrogen) atoms. The molecule has 0 aliphatic carbocycles. The number of alkyl halides is 1. The van der Waals surface area contributed by atoms with Gasteiger partial charge in [0.2, 0.25) is 0 Å². The highest BCUT2D eigenvalue weighted by Crippen LogP contribution is 2.26. The zero-order valence-electron chi connectivity index (χ0n) is 7.81. The van der Waals surface area contributed by atoms with Gasteiger partial charge in [0.25, 0.3) is 0 Å². The summed E-state index contributed by atoms with van der Waals surface area (Å²) in [5, 5.41) is 3.16. The fraction of sp³-hybridized carbons (Fsp3) is 0.455. The van der Waals surface area contributed by atoms with Crippen molar-refractivity contribution in [3.8, 4) is 0 Å². The Kier molecular flexibility index (Phi) is 2.21. The average Bonchev–Trinajstić information content (AvgIpc) is 2.58. The molecule has 0 fully saturated rings. The monoisotopic (exact) mass is 179 g/mol. The minimum atomic E-state index is -0.282. The number of halogens is 1. The number of aryl methyl sites for hydroxylation is 1. The maximum absolute atomic E-state index is 12.4. The number of benzene rings is 1. The summed E-state index contributed by atoms with van der Waals surface area (Å²) in [6.45, 7) is 1.85. The molecule has 0 bridgehead atoms. The molecular weight excluding hydrogens is 165 g/mol. The highest BCUT2D eigenvalue weighted by molar-refractivity contribution is 5.58. The molecule has 1 aliphatic heterocycles. The number of rotatable bonds is 2. The lowest BCUT2D eigenvalue weighted by Crippen LogP contribution is -2.16. The lowest BCUT2D eigenvalue weighted by atomic mass is 10.1. The normalized spacial score (nSPS) is 19.7. The summed E-state index contributed by atoms with van der Waals surface area (Å²) in [5.41, 5.74) is 3.71. The first kappa shape index (κ1) is 8.54. The Hall–Kier alpha value is -1.05. The smallest absolute Gasteiger partial charge is 0.110 e. The van der Waals surface area contributed by atoms with E-state index in [1.165, 1.54) is 11.1 Å². The van der Waals surface area contributed by atoms with Crippen LogP contribution in [0.3, 0.4) is 0 Å². The molecule has 0 saturated heterocycles. The van der Waals surface area contributed by atoms with Crippen LogP contribution in [0.25, 0.3) is 0 Å². The van der Waals surface area contributed by atoms with Crippen LogP contribution in [0.4, 0.5) is 10.1 Å². The van der Waals surface area contributed by atoms with E-state index in [1.807, 2.05) is 0 Å². The maximum Gasteiger partial charge on any atom is 0.110 e. The van der Waals surface area contributed by atoms with E-state index in [4.69, 9.17) is 0 Å². The molecule has 1 aromatic rings. The van der Waals surface area contributed by atoms with E-state index in [2.05, 4.69) is 30.4 Å². The zero-order chi connectivity index (χ0) is 9.26. The van der Waals surface area contributed by atoms with Gasteiger partial charge in [0.1, 0.15) is 6.67 Å². The van der Waals surface area contributed by atoms with Gasteiger partial charge in [-0.25, -0.2) is 4.39 Å². The Labute approximate surface area is 78.0 Å². The molecule has 1 aliphatic rings. The van der Waals surface area contributed by atoms with E-state index in [0.717, 1.165) is 18.5 Å². The summed E-state index contributed by atoms with van der Waals surface area (Å²) >= 11 is 0. The van der Waals surface area contributed by atoms with Gasteiger partial charge in [-0.2, -0.15) is 0 Å². The van der Waals surface area contributed by atoms with E-state index in [0.29, 0.717) is 0 Å². The van der Waals surface area contributed by atoms with Crippen LogP contribution >= 0.6 is 0 Å². The molecule has 0 radical (unpaired) electrons. The standard InChI is InChI=1S/C11H14FN/c1-2-8-3-4-11-9(5-8)6-10(7-12)13-11/h3-5,10,13H,2,6-7H2,1H3. The second-order valence-corrected chi connectivity index (χ2v) is 3.54. The molecule has 2 heteroatoms. The third-order valence-corrected chi connectivity index (χ3v) is 2.59. The van der Waals surface area contributed by atoms with Crippen molar-refractivity contribution < 1.29 is 4.39 Å². The topological polar surface area (TPSA) is 12.0 Å². The molecule has 1 aromatic carbocycles. The maximum atomic E-state index is 12.4. The third-order valence-electron chi connectivity index (χ3n) is 2.59. The Morgan fingerprint density at radius 1 is 1.54 bits per heavy atom. The van der Waals surface area contributed by atoms with Gasteiger partial charge in [-0.1, -0.05) is 19.1 Å². The highest BCUT2D eigenvalue weighted by Gasteiger charge is 2.19. The number of hydrogen-bond donors (Lipinski definition) is 1. The number of anilines is 1. The van der Waals surface area contributed by atoms with Crippen molar-refractivity contribution in [3.63, 3.8) is 0 Å². The second kappa shape index (κ2) is 3.36. The third kappa shape index (κ3) is 1.53. The molecule has 2 rings (SSSR count). The summed E-state index contributed by atoms with van der Waals surface area (Å²) in [6.07, 6.45) is 1.88. The average molecular weight is 179 g/mol. The highest BCUT2D eigenvalue weighted by atomic mass is 19.1. The van der Waals surface area contributed by atoms with Crippen LogP contribution < -0.4 is 5.32 Å². The van der Waals surface area contributed by atoms with Crippen molar-refractivity contribution in [2.75, 3.05) is 12.0 Å². The summed E-state index contributed by atoms with van der Waals surface area (Å²) < 4.78 is 12.4. The fourth-order valence-electron chi connectivity index (χ4n) is 1.81. The van der Waals surface area contributed by atoms with Crippen LogP contribution in [0, 0.1) is 0 Å². The van der Waals surface area contributed by atoms with E-state index >= 15 is 0 Å². The van der Waals surface area contributed by atoms with Crippen LogP contribution in [-0.2, 0) is 12.8 Å². The molecule has 70 valence electrons. The van der Waals surface area contributed by atoms with E-state index in [-0.39, 0.29) is 12.7 Å². The van der Waals surface area contributed by atoms with E-state index in [1.54, 1.807) is 0 Å². The summed E-state index contributed by atoms with van der Waals surface area (Å²) in [6, 6.07) is 6.34. The second-order valence-electron chi connectivity index (χ2n) is 3.54. The minimum absolute atomic E-state index is 0.00195. The van der Waals surface area contributed by atoms with E-state index in [9.17, 15) is 4.39 Å². The van der Waals surface area contributed by atoms with Crippen LogP contribution in [0.5, 0.6) is 0 Å². The summed E-state index contributed by atoms with van der Waals surface area (Å²) in [7, 11) is 0. The van der Waals surface area contributed by atoms with Gasteiger partial charge in [-0.3, -0.25) is 0 Å². The van der Waals surface area contributed by atoms with Crippen LogP contribution in [-0.4, -0.2) is 12.7 Å². The molecule has 1 nitrogen and oxygen atoms in total. The number of nitrogens with one attached hydrogen (secondary N) is 1. The molecular formula is C11H14FN. The van der Waals surface area contributed by atoms with E-state index < -0.39 is 0 Å². The van der Waals surface area contributed by atoms with Crippen molar-refractivity contribution in [2.24, 2.45) is 0 Å². The zero-order valence-corrected chi connectivity index (χ0v) is 7.81. The Bertz CT molecular complexity index is 309. The Morgan fingerprint density at radius 2 is 2.38 bits per heavy atom. The quantitative estimate of drug-likeness (QED) is 0.735. The van der Waals surface area contributed by atoms with Gasteiger partial charge < -0.3 is 5.32 Å². The number of fused-ring (bicyclic) bond motifs is 1. The Balaban J connectivity index is 2.25. The van der Waals surface area contributed by atoms with Gasteiger partial charge in [-0.05, 0) is 30.0 Å². The predicted molar refractivity (Wildman–Crippen MR) is 52.9 cm³/mol. The SMILES string of the molecule is CCc1ccc2c(c1)CC(CF)N2. The molecule has 1 heterocycles. The largest absolute Gasteiger partial charge is 0.379 e. The van der Waals surface area contributed by atoms with Crippen molar-refractivity contribution in [1.82, 2.24) is 0 Å². The Morgan fingerprint density at radius 3 is 3.08 bits per heavy atom. The van der Waals surface area contributed by atoms with Gasteiger partial charge in [0.15, 0.2) is 0 Å². The van der Waals surface area contributed by atoms with Gasteiger partial charge >= 0.3 is 0 Å². The lowest BCUT2D eigenvalue weighted by molar-refractivity contribution is 0.450. The molecule has 1 N–H and O–H groups in total. The number of hydrogen-bond acceptors (Lipinski definition) is 1. The molecule has 1 unspecified atom stereocenters. The van der Waals surface area contributed by atoms with Crippen molar-refractivity contribution >= 4 is 5.69 Å². The first-order chi connectivity index (χ1) is 6.33. The van der Waals surface area contributed by atoms with Crippen LogP contribution in [0.1, 0.15) is 18.1 Å². The first-order valence-corrected chi connectivity index (χ1v) is 4.77. The first-order valence-electron chi connectivity index (χ1n) is 4.77. The summed E-state index contributed by atoms with van der Waals surface area (Å²) in [4.78, 5) is 0. The van der Waals surface area contributed by atoms with Gasteiger partial charge in [0.05, 0.1) is 6.04 Å².